The molecule has 0 radical (unpaired) electrons. The van der Waals surface area contributed by atoms with Crippen molar-refractivity contribution in [3.8, 4) is 11.4 Å². The van der Waals surface area contributed by atoms with Crippen LogP contribution in [0.15, 0.2) is 113 Å². The summed E-state index contributed by atoms with van der Waals surface area (Å²) in [6.07, 6.45) is 0.0934. The van der Waals surface area contributed by atoms with Crippen molar-refractivity contribution in [2.24, 2.45) is 5.92 Å². The highest BCUT2D eigenvalue weighted by atomic mass is 32.2. The van der Waals surface area contributed by atoms with Crippen molar-refractivity contribution in [3.05, 3.63) is 141 Å². The Morgan fingerprint density at radius 2 is 1.34 bits per heavy atom. The van der Waals surface area contributed by atoms with Crippen molar-refractivity contribution < 1.29 is 90.3 Å². The largest absolute Gasteiger partial charge is 0.481 e. The van der Waals surface area contributed by atoms with Crippen LogP contribution in [0.25, 0.3) is 22.3 Å². The van der Waals surface area contributed by atoms with Crippen molar-refractivity contribution in [2.45, 2.75) is 134 Å². The van der Waals surface area contributed by atoms with Crippen molar-refractivity contribution in [1.29, 1.82) is 0 Å². The topological polar surface area (TPSA) is 438 Å². The van der Waals surface area contributed by atoms with Gasteiger partial charge in [-0.3, -0.25) is 33.5 Å². The molecular weight excluding hydrogens is 1380 g/mol. The van der Waals surface area contributed by atoms with Gasteiger partial charge in [-0.1, -0.05) is 71.0 Å². The van der Waals surface area contributed by atoms with Gasteiger partial charge in [0, 0.05) is 65.3 Å². The Balaban J connectivity index is 0.657. The molecule has 0 bridgehead atoms. The standard InChI is InChI=1S/C72H86N12O20S/c1-6-26-73-69(95)77-46-15-12-17-48(36-46)105(98,99)82-47-16-11-14-43(35-47)55(38-60(86)87)80-71(97)76-45-23-21-44(22-24-45)75-70(96)74-27-30-101-32-34-102-33-31-100-29-25-59(85)78-56(39-61(88)89)66(92)83-28-13-20-57(83)64(90)81-62(42(4)5)67(93)104-72(8-3)53-37-58-63-51(40-84(58)65(91)52(53)41-103-68(72)94)49(7-2)50-18-9-10-19-54(50)79-63/h9-12,14-19,21-24,35-37,42,55-57,62,82H,6-8,13,20,25-34,38-41H2,1-5H3,(H,78,85)(H,81,90)(H,86,87)(H,88,89)(H2,73,77,95)(H2,74,75,96)(H2,76,80,97)/t55-,56-,57-,62-,72-/m0/s1. The molecule has 4 aromatic carbocycles. The number of sulfonamides is 1. The Bertz CT molecular complexity index is 4420. The molecule has 5 heterocycles. The number of para-hydroxylation sites is 1. The molecule has 105 heavy (non-hydrogen) atoms. The maximum absolute atomic E-state index is 14.4. The number of aromatic nitrogens is 2. The van der Waals surface area contributed by atoms with Crippen molar-refractivity contribution in [1.82, 2.24) is 41.0 Å². The number of fused-ring (bicyclic) bond motifs is 5. The molecule has 560 valence electrons. The molecular formula is C72H86N12O20S. The van der Waals surface area contributed by atoms with E-state index in [4.69, 9.17) is 28.7 Å². The van der Waals surface area contributed by atoms with Crippen LogP contribution in [0.4, 0.5) is 37.1 Å². The van der Waals surface area contributed by atoms with Gasteiger partial charge >= 0.3 is 42.0 Å². The van der Waals surface area contributed by atoms with Crippen LogP contribution < -0.4 is 52.8 Å². The molecule has 1 fully saturated rings. The molecule has 2 aromatic heterocycles. The van der Waals surface area contributed by atoms with Crippen LogP contribution in [0.2, 0.25) is 0 Å². The summed E-state index contributed by atoms with van der Waals surface area (Å²) in [5, 5.41) is 41.3. The van der Waals surface area contributed by atoms with Crippen LogP contribution >= 0.6 is 0 Å². The fraction of sp³-hybridized carbons (Fsp3) is 0.417. The van der Waals surface area contributed by atoms with Gasteiger partial charge in [0.2, 0.25) is 23.3 Å². The minimum absolute atomic E-state index is 0.0348. The molecule has 1 saturated heterocycles. The summed E-state index contributed by atoms with van der Waals surface area (Å²) in [5.74, 6) is -7.46. The number of anilines is 4. The van der Waals surface area contributed by atoms with Crippen LogP contribution in [-0.2, 0) is 92.4 Å². The minimum Gasteiger partial charge on any atom is -0.481 e. The number of hydrogen-bond donors (Lipinski definition) is 11. The Kier molecular flexibility index (Phi) is 26.7. The monoisotopic (exact) mass is 1470 g/mol. The van der Waals surface area contributed by atoms with Gasteiger partial charge < -0.3 is 85.9 Å². The quantitative estimate of drug-likeness (QED) is 0.0155. The van der Waals surface area contributed by atoms with Crippen molar-refractivity contribution >= 4 is 103 Å². The number of carboxylic acid groups (broad SMARTS) is 2. The van der Waals surface area contributed by atoms with Gasteiger partial charge in [0.1, 0.15) is 24.7 Å². The first-order chi connectivity index (χ1) is 50.3. The Morgan fingerprint density at radius 1 is 0.695 bits per heavy atom. The van der Waals surface area contributed by atoms with E-state index >= 15 is 0 Å². The number of amides is 9. The summed E-state index contributed by atoms with van der Waals surface area (Å²) in [5.41, 5.74) is 2.70. The van der Waals surface area contributed by atoms with E-state index < -0.39 is 124 Å². The number of carboxylic acids is 2. The fourth-order valence-electron chi connectivity index (χ4n) is 12.5. The molecule has 3 aliphatic heterocycles. The van der Waals surface area contributed by atoms with E-state index in [9.17, 15) is 71.4 Å². The number of nitrogens with zero attached hydrogens (tertiary/aromatic N) is 3. The molecule has 3 aliphatic rings. The first-order valence-electron chi connectivity index (χ1n) is 34.5. The number of aliphatic carboxylic acids is 2. The van der Waals surface area contributed by atoms with Gasteiger partial charge in [0.15, 0.2) is 0 Å². The van der Waals surface area contributed by atoms with Crippen LogP contribution in [0.5, 0.6) is 0 Å². The average Bonchev–Trinajstić information content (AvgIpc) is 1.63. The lowest BCUT2D eigenvalue weighted by molar-refractivity contribution is -0.191. The summed E-state index contributed by atoms with van der Waals surface area (Å²) < 4.78 is 59.1. The number of likely N-dealkylation sites (tertiary alicyclic amines) is 1. The van der Waals surface area contributed by atoms with Crippen molar-refractivity contribution in [2.75, 3.05) is 79.9 Å². The number of aryl methyl sites for hydroxylation is 1. The van der Waals surface area contributed by atoms with Gasteiger partial charge in [0.25, 0.3) is 15.6 Å². The zero-order valence-corrected chi connectivity index (χ0v) is 59.4. The lowest BCUT2D eigenvalue weighted by Crippen LogP contribution is -2.57. The SMILES string of the molecule is CCCNC(=O)Nc1cccc(S(=O)(=O)Nc2cccc([C@H](CC(=O)O)NC(=O)Nc3ccc(NC(=O)NCCOCCOCCOCCC(=O)N[C@@H](CC(=O)O)C(=O)N4CCC[C@H]4C(=O)N[C@H](C(=O)O[C@]4(CC)C(=O)OCc5c4cc4n(c5=O)Cc5c-4nc4ccccc4c5CC)C(C)C)cc3)c2)c1. The van der Waals surface area contributed by atoms with E-state index in [0.717, 1.165) is 22.0 Å². The van der Waals surface area contributed by atoms with Gasteiger partial charge in [-0.05, 0) is 116 Å². The fourth-order valence-corrected chi connectivity index (χ4v) is 13.6. The predicted octanol–water partition coefficient (Wildman–Crippen LogP) is 6.22. The number of hydrogen-bond acceptors (Lipinski definition) is 19. The lowest BCUT2D eigenvalue weighted by atomic mass is 9.85. The lowest BCUT2D eigenvalue weighted by Gasteiger charge is -2.37. The van der Waals surface area contributed by atoms with Crippen molar-refractivity contribution in [3.63, 3.8) is 0 Å². The Morgan fingerprint density at radius 3 is 2.02 bits per heavy atom. The summed E-state index contributed by atoms with van der Waals surface area (Å²) in [4.78, 5) is 152. The highest BCUT2D eigenvalue weighted by Gasteiger charge is 2.52. The molecule has 33 heteroatoms. The van der Waals surface area contributed by atoms with E-state index in [1.54, 1.807) is 31.4 Å². The molecule has 11 N–H and O–H groups in total. The van der Waals surface area contributed by atoms with Gasteiger partial charge in [-0.2, -0.15) is 0 Å². The third-order valence-electron chi connectivity index (χ3n) is 17.7. The molecule has 0 spiro atoms. The highest BCUT2D eigenvalue weighted by Crippen LogP contribution is 2.43. The first-order valence-corrected chi connectivity index (χ1v) is 36.0. The zero-order valence-electron chi connectivity index (χ0n) is 58.6. The maximum atomic E-state index is 14.4. The average molecular weight is 1470 g/mol. The van der Waals surface area contributed by atoms with E-state index in [1.807, 2.05) is 38.1 Å². The second-order valence-electron chi connectivity index (χ2n) is 25.4. The van der Waals surface area contributed by atoms with E-state index in [2.05, 4.69) is 47.3 Å². The number of cyclic esters (lactones) is 1. The van der Waals surface area contributed by atoms with E-state index in [1.165, 1.54) is 77.7 Å². The number of urea groups is 3. The number of pyridine rings is 2. The number of carbonyl (C=O) groups is 10. The van der Waals surface area contributed by atoms with Crippen LogP contribution in [-0.4, -0.2) is 170 Å². The van der Waals surface area contributed by atoms with E-state index in [-0.39, 0.29) is 118 Å². The summed E-state index contributed by atoms with van der Waals surface area (Å²) >= 11 is 0. The number of benzene rings is 4. The number of nitrogens with one attached hydrogen (secondary N) is 9. The second kappa shape index (κ2) is 35.9. The highest BCUT2D eigenvalue weighted by molar-refractivity contribution is 7.92. The smallest absolute Gasteiger partial charge is 0.355 e. The maximum Gasteiger partial charge on any atom is 0.355 e. The van der Waals surface area contributed by atoms with Gasteiger partial charge in [0.05, 0.1) is 92.4 Å². The molecule has 6 aromatic rings. The number of carbonyl (C=O) groups excluding carboxylic acids is 8. The third-order valence-corrected chi connectivity index (χ3v) is 19.1. The normalized spacial score (nSPS) is 15.9. The summed E-state index contributed by atoms with van der Waals surface area (Å²) in [7, 11) is -4.19. The second-order valence-corrected chi connectivity index (χ2v) is 27.0. The van der Waals surface area contributed by atoms with Gasteiger partial charge in [-0.25, -0.2) is 37.4 Å². The number of rotatable bonds is 35. The molecule has 0 aliphatic carbocycles. The summed E-state index contributed by atoms with van der Waals surface area (Å²) in [6, 6.07) is 19.8. The molecule has 9 rings (SSSR count). The minimum atomic E-state index is -4.19. The van der Waals surface area contributed by atoms with Gasteiger partial charge in [-0.15, -0.1) is 0 Å². The molecule has 0 saturated carbocycles. The van der Waals surface area contributed by atoms with Crippen LogP contribution in [0.1, 0.15) is 113 Å². The predicted molar refractivity (Wildman–Crippen MR) is 382 cm³/mol. The Hall–Kier alpha value is -11.0. The summed E-state index contributed by atoms with van der Waals surface area (Å²) in [6.45, 7) is 9.78. The number of esters is 2. The Labute approximate surface area is 604 Å². The molecule has 0 unspecified atom stereocenters. The third kappa shape index (κ3) is 19.8. The van der Waals surface area contributed by atoms with Crippen LogP contribution in [0, 0.1) is 5.92 Å². The van der Waals surface area contributed by atoms with Crippen LogP contribution in [0.3, 0.4) is 0 Å². The molecule has 32 nitrogen and oxygen atoms in total. The van der Waals surface area contributed by atoms with E-state index in [0.29, 0.717) is 48.6 Å². The molecule has 9 amide bonds. The molecule has 5 atom stereocenters. The first kappa shape index (κ1) is 78.1. The zero-order chi connectivity index (χ0) is 75.5. The number of ether oxygens (including phenoxy) is 5.